The van der Waals surface area contributed by atoms with Gasteiger partial charge in [0, 0.05) is 42.1 Å². The highest BCUT2D eigenvalue weighted by Crippen LogP contribution is 2.33. The third-order valence-electron chi connectivity index (χ3n) is 4.64. The Morgan fingerprint density at radius 1 is 1.25 bits per heavy atom. The Morgan fingerprint density at radius 3 is 2.55 bits per heavy atom. The molecule has 3 N–H and O–H groups in total. The molecule has 20 heavy (non-hydrogen) atoms. The molecule has 3 atom stereocenters. The van der Waals surface area contributed by atoms with Crippen molar-refractivity contribution in [1.29, 1.82) is 0 Å². The van der Waals surface area contributed by atoms with E-state index in [9.17, 15) is 4.79 Å². The molecular formula is C15H22N4O. The quantitative estimate of drug-likeness (QED) is 0.807. The Hall–Kier alpha value is -1.59. The summed E-state index contributed by atoms with van der Waals surface area (Å²) in [5, 5.41) is 2.86. The summed E-state index contributed by atoms with van der Waals surface area (Å²) in [5.74, 6) is -0.114. The first-order valence-electron chi connectivity index (χ1n) is 7.14. The number of fused-ring (bicyclic) bond motifs is 1. The van der Waals surface area contributed by atoms with Crippen LogP contribution in [-0.4, -0.2) is 43.0 Å². The van der Waals surface area contributed by atoms with Gasteiger partial charge in [-0.3, -0.25) is 9.69 Å². The van der Waals surface area contributed by atoms with Crippen molar-refractivity contribution in [3.05, 3.63) is 23.8 Å². The lowest BCUT2D eigenvalue weighted by atomic mass is 10.1. The minimum Gasteiger partial charge on any atom is -0.368 e. The van der Waals surface area contributed by atoms with Crippen molar-refractivity contribution in [3.63, 3.8) is 0 Å². The molecule has 1 fully saturated rings. The predicted octanol–water partition coefficient (Wildman–Crippen LogP) is 1.17. The Labute approximate surface area is 119 Å². The van der Waals surface area contributed by atoms with Crippen LogP contribution in [0.5, 0.6) is 0 Å². The highest BCUT2D eigenvalue weighted by atomic mass is 16.2. The molecule has 0 radical (unpaired) electrons. The van der Waals surface area contributed by atoms with Crippen LogP contribution >= 0.6 is 0 Å². The van der Waals surface area contributed by atoms with Crippen molar-refractivity contribution < 1.29 is 4.79 Å². The van der Waals surface area contributed by atoms with Gasteiger partial charge in [0.2, 0.25) is 5.91 Å². The minimum atomic E-state index is -0.524. The number of nitrogens with zero attached hydrogens (tertiary/aromatic N) is 2. The lowest BCUT2D eigenvalue weighted by Gasteiger charge is -2.43. The lowest BCUT2D eigenvalue weighted by molar-refractivity contribution is -0.116. The van der Waals surface area contributed by atoms with Crippen molar-refractivity contribution in [2.24, 2.45) is 5.73 Å². The zero-order chi connectivity index (χ0) is 14.4. The number of hydrogen-bond acceptors (Lipinski definition) is 4. The second-order valence-corrected chi connectivity index (χ2v) is 6.01. The zero-order valence-electron chi connectivity index (χ0n) is 12.3. The van der Waals surface area contributed by atoms with Crippen molar-refractivity contribution >= 4 is 17.3 Å². The molecule has 1 aromatic rings. The normalized spacial score (nSPS) is 30.3. The summed E-state index contributed by atoms with van der Waals surface area (Å²) in [6.07, 6.45) is 0. The molecule has 5 heteroatoms. The molecule has 1 amide bonds. The molecule has 2 heterocycles. The number of anilines is 2. The van der Waals surface area contributed by atoms with Gasteiger partial charge in [-0.1, -0.05) is 6.07 Å². The number of hydrogen-bond donors (Lipinski definition) is 2. The Bertz CT molecular complexity index is 533. The van der Waals surface area contributed by atoms with Gasteiger partial charge in [0.15, 0.2) is 0 Å². The van der Waals surface area contributed by atoms with Gasteiger partial charge in [0.05, 0.1) is 0 Å². The van der Waals surface area contributed by atoms with E-state index in [4.69, 9.17) is 5.73 Å². The van der Waals surface area contributed by atoms with Gasteiger partial charge in [-0.15, -0.1) is 0 Å². The van der Waals surface area contributed by atoms with Gasteiger partial charge < -0.3 is 16.0 Å². The second-order valence-electron chi connectivity index (χ2n) is 6.01. The molecule has 2 aliphatic rings. The summed E-state index contributed by atoms with van der Waals surface area (Å²) in [6.45, 7) is 6.49. The number of carbonyl (C=O) groups is 1. The first-order chi connectivity index (χ1) is 9.47. The molecule has 0 aromatic heterocycles. The SMILES string of the molecule is CC1CN(c2ccc3c(c2)NC(=O)C3N)CC(C)N1C. The number of amides is 1. The van der Waals surface area contributed by atoms with Crippen LogP contribution in [0.15, 0.2) is 18.2 Å². The van der Waals surface area contributed by atoms with Gasteiger partial charge >= 0.3 is 0 Å². The molecule has 3 unspecified atom stereocenters. The van der Waals surface area contributed by atoms with Crippen LogP contribution in [0, 0.1) is 0 Å². The summed E-state index contributed by atoms with van der Waals surface area (Å²) in [7, 11) is 2.18. The van der Waals surface area contributed by atoms with Gasteiger partial charge in [0.25, 0.3) is 0 Å². The fourth-order valence-corrected chi connectivity index (χ4v) is 3.09. The van der Waals surface area contributed by atoms with Crippen LogP contribution in [0.4, 0.5) is 11.4 Å². The van der Waals surface area contributed by atoms with Crippen molar-refractivity contribution in [2.75, 3.05) is 30.4 Å². The van der Waals surface area contributed by atoms with Gasteiger partial charge in [-0.05, 0) is 33.0 Å². The maximum atomic E-state index is 11.6. The van der Waals surface area contributed by atoms with Crippen LogP contribution in [0.2, 0.25) is 0 Å². The minimum absolute atomic E-state index is 0.114. The topological polar surface area (TPSA) is 61.6 Å². The van der Waals surface area contributed by atoms with E-state index in [1.54, 1.807) is 0 Å². The Morgan fingerprint density at radius 2 is 1.90 bits per heavy atom. The fourth-order valence-electron chi connectivity index (χ4n) is 3.09. The van der Waals surface area contributed by atoms with Gasteiger partial charge in [0.1, 0.15) is 6.04 Å². The summed E-state index contributed by atoms with van der Waals surface area (Å²) in [4.78, 5) is 16.4. The maximum Gasteiger partial charge on any atom is 0.245 e. The molecule has 1 saturated heterocycles. The maximum absolute atomic E-state index is 11.6. The summed E-state index contributed by atoms with van der Waals surface area (Å²) >= 11 is 0. The zero-order valence-corrected chi connectivity index (χ0v) is 12.3. The number of likely N-dealkylation sites (N-methyl/N-ethyl adjacent to an activating group) is 1. The average molecular weight is 274 g/mol. The number of carbonyl (C=O) groups excluding carboxylic acids is 1. The van der Waals surface area contributed by atoms with Gasteiger partial charge in [-0.25, -0.2) is 0 Å². The molecular weight excluding hydrogens is 252 g/mol. The van der Waals surface area contributed by atoms with E-state index in [1.807, 2.05) is 12.1 Å². The monoisotopic (exact) mass is 274 g/mol. The van der Waals surface area contributed by atoms with Crippen molar-refractivity contribution in [2.45, 2.75) is 32.0 Å². The fraction of sp³-hybridized carbons (Fsp3) is 0.533. The highest BCUT2D eigenvalue weighted by molar-refractivity contribution is 6.02. The number of piperazine rings is 1. The largest absolute Gasteiger partial charge is 0.368 e. The van der Waals surface area contributed by atoms with E-state index < -0.39 is 6.04 Å². The molecule has 2 aliphatic heterocycles. The van der Waals surface area contributed by atoms with E-state index in [0.29, 0.717) is 12.1 Å². The van der Waals surface area contributed by atoms with Gasteiger partial charge in [-0.2, -0.15) is 0 Å². The molecule has 0 spiro atoms. The molecule has 1 aromatic carbocycles. The van der Waals surface area contributed by atoms with Crippen LogP contribution in [0.3, 0.4) is 0 Å². The molecule has 3 rings (SSSR count). The van der Waals surface area contributed by atoms with Crippen molar-refractivity contribution in [3.8, 4) is 0 Å². The van der Waals surface area contributed by atoms with E-state index in [0.717, 1.165) is 30.0 Å². The predicted molar refractivity (Wildman–Crippen MR) is 80.9 cm³/mol. The summed E-state index contributed by atoms with van der Waals surface area (Å²) in [6, 6.07) is 6.60. The van der Waals surface area contributed by atoms with E-state index in [-0.39, 0.29) is 5.91 Å². The van der Waals surface area contributed by atoms with Crippen molar-refractivity contribution in [1.82, 2.24) is 4.90 Å². The third-order valence-corrected chi connectivity index (χ3v) is 4.64. The van der Waals surface area contributed by atoms with Crippen LogP contribution < -0.4 is 16.0 Å². The standard InChI is InChI=1S/C15H22N4O/c1-9-7-19(8-10(2)18(9)3)11-4-5-12-13(6-11)17-15(20)14(12)16/h4-6,9-10,14H,7-8,16H2,1-3H3,(H,17,20). The lowest BCUT2D eigenvalue weighted by Crippen LogP contribution is -2.55. The Balaban J connectivity index is 1.86. The van der Waals surface area contributed by atoms with E-state index in [2.05, 4.69) is 42.1 Å². The molecule has 0 aliphatic carbocycles. The number of rotatable bonds is 1. The molecule has 108 valence electrons. The molecule has 0 saturated carbocycles. The van der Waals surface area contributed by atoms with Crippen LogP contribution in [0.1, 0.15) is 25.5 Å². The summed E-state index contributed by atoms with van der Waals surface area (Å²) < 4.78 is 0. The summed E-state index contributed by atoms with van der Waals surface area (Å²) in [5.41, 5.74) is 8.76. The number of nitrogens with one attached hydrogen (secondary N) is 1. The molecule has 0 bridgehead atoms. The smallest absolute Gasteiger partial charge is 0.245 e. The highest BCUT2D eigenvalue weighted by Gasteiger charge is 2.30. The number of benzene rings is 1. The third kappa shape index (κ3) is 2.07. The second kappa shape index (κ2) is 4.75. The molecule has 5 nitrogen and oxygen atoms in total. The Kier molecular flexibility index (Phi) is 3.18. The first-order valence-corrected chi connectivity index (χ1v) is 7.14. The number of nitrogens with two attached hydrogens (primary N) is 1. The van der Waals surface area contributed by atoms with E-state index >= 15 is 0 Å². The van der Waals surface area contributed by atoms with Crippen LogP contribution in [-0.2, 0) is 4.79 Å². The van der Waals surface area contributed by atoms with E-state index in [1.165, 1.54) is 0 Å². The van der Waals surface area contributed by atoms with Crippen LogP contribution in [0.25, 0.3) is 0 Å². The first kappa shape index (κ1) is 13.4. The average Bonchev–Trinajstić information content (AvgIpc) is 2.70.